The Bertz CT molecular complexity index is 522. The van der Waals surface area contributed by atoms with Gasteiger partial charge in [-0.1, -0.05) is 33.6 Å². The molecule has 0 aromatic heterocycles. The fraction of sp³-hybridized carbons (Fsp3) is 1.00. The molecule has 0 aromatic rings. The summed E-state index contributed by atoms with van der Waals surface area (Å²) in [5.74, 6) is 9.52. The first kappa shape index (κ1) is 18.0. The van der Waals surface area contributed by atoms with Crippen molar-refractivity contribution in [3.63, 3.8) is 0 Å². The Kier molecular flexibility index (Phi) is 4.48. The molecule has 26 heavy (non-hydrogen) atoms. The van der Waals surface area contributed by atoms with Gasteiger partial charge in [0.15, 0.2) is 5.79 Å². The van der Waals surface area contributed by atoms with Crippen LogP contribution in [-0.2, 0) is 9.47 Å². The van der Waals surface area contributed by atoms with Crippen molar-refractivity contribution >= 4 is 0 Å². The molecule has 5 fully saturated rings. The summed E-state index contributed by atoms with van der Waals surface area (Å²) in [7, 11) is 0. The Morgan fingerprint density at radius 2 is 1.42 bits per heavy atom. The van der Waals surface area contributed by atoms with Gasteiger partial charge in [-0.25, -0.2) is 0 Å². The van der Waals surface area contributed by atoms with Crippen LogP contribution in [0, 0.1) is 59.2 Å². The van der Waals surface area contributed by atoms with E-state index in [4.69, 9.17) is 9.47 Å². The van der Waals surface area contributed by atoms with E-state index >= 15 is 0 Å². The monoisotopic (exact) mass is 360 g/mol. The minimum absolute atomic E-state index is 0.303. The molecule has 4 bridgehead atoms. The zero-order chi connectivity index (χ0) is 18.1. The molecular formula is C24H40O2. The van der Waals surface area contributed by atoms with Crippen LogP contribution in [0.5, 0.6) is 0 Å². The zero-order valence-electron chi connectivity index (χ0n) is 17.5. The number of hydrogen-bond donors (Lipinski definition) is 0. The van der Waals surface area contributed by atoms with E-state index in [0.29, 0.717) is 5.92 Å². The summed E-state index contributed by atoms with van der Waals surface area (Å²) in [6.07, 6.45) is 9.44. The standard InChI is InChI=1S/C24H40O2/c1-5-6-7-8-24(4)25-12-17(13-26-24)20-9-16-10-21(20)23-19-11-18(22(16)23)14(2)15(19)3/h14-23H,5-13H2,1-4H3. The number of hydrogen-bond acceptors (Lipinski definition) is 2. The molecule has 0 spiro atoms. The first-order valence-corrected chi connectivity index (χ1v) is 11.8. The van der Waals surface area contributed by atoms with Gasteiger partial charge in [-0.15, -0.1) is 0 Å². The highest BCUT2D eigenvalue weighted by Gasteiger charge is 2.66. The fourth-order valence-electron chi connectivity index (χ4n) is 8.56. The molecule has 0 N–H and O–H groups in total. The Labute approximate surface area is 160 Å². The average Bonchev–Trinajstić information content (AvgIpc) is 3.36. The van der Waals surface area contributed by atoms with Crippen molar-refractivity contribution in [2.24, 2.45) is 59.2 Å². The zero-order valence-corrected chi connectivity index (χ0v) is 17.5. The van der Waals surface area contributed by atoms with Gasteiger partial charge in [0.2, 0.25) is 0 Å². The van der Waals surface area contributed by atoms with Crippen LogP contribution in [0.1, 0.15) is 72.6 Å². The van der Waals surface area contributed by atoms with E-state index in [1.165, 1.54) is 32.1 Å². The highest BCUT2D eigenvalue weighted by atomic mass is 16.7. The molecule has 0 amide bonds. The Morgan fingerprint density at radius 3 is 2.12 bits per heavy atom. The Morgan fingerprint density at radius 1 is 0.769 bits per heavy atom. The van der Waals surface area contributed by atoms with Gasteiger partial charge >= 0.3 is 0 Å². The van der Waals surface area contributed by atoms with Crippen molar-refractivity contribution < 1.29 is 9.47 Å². The summed E-state index contributed by atoms with van der Waals surface area (Å²) in [6, 6.07) is 0. The van der Waals surface area contributed by atoms with Crippen LogP contribution in [0.4, 0.5) is 0 Å². The topological polar surface area (TPSA) is 18.5 Å². The van der Waals surface area contributed by atoms with E-state index < -0.39 is 0 Å². The summed E-state index contributed by atoms with van der Waals surface area (Å²) in [5, 5.41) is 0. The number of unbranched alkanes of at least 4 members (excludes halogenated alkanes) is 2. The molecule has 5 aliphatic rings. The number of rotatable bonds is 5. The molecule has 9 unspecified atom stereocenters. The van der Waals surface area contributed by atoms with Crippen LogP contribution in [-0.4, -0.2) is 19.0 Å². The average molecular weight is 361 g/mol. The van der Waals surface area contributed by atoms with E-state index in [0.717, 1.165) is 72.9 Å². The minimum atomic E-state index is -0.303. The molecule has 1 aliphatic heterocycles. The lowest BCUT2D eigenvalue weighted by molar-refractivity contribution is -0.284. The second-order valence-corrected chi connectivity index (χ2v) is 11.0. The van der Waals surface area contributed by atoms with Gasteiger partial charge in [0.1, 0.15) is 0 Å². The van der Waals surface area contributed by atoms with Crippen LogP contribution in [0.25, 0.3) is 0 Å². The predicted molar refractivity (Wildman–Crippen MR) is 105 cm³/mol. The fourth-order valence-corrected chi connectivity index (χ4v) is 8.56. The third-order valence-electron chi connectivity index (χ3n) is 9.94. The summed E-state index contributed by atoms with van der Waals surface area (Å²) in [5.41, 5.74) is 0. The quantitative estimate of drug-likeness (QED) is 0.458. The van der Waals surface area contributed by atoms with Gasteiger partial charge in [0.25, 0.3) is 0 Å². The smallest absolute Gasteiger partial charge is 0.165 e. The van der Waals surface area contributed by atoms with Crippen molar-refractivity contribution in [1.82, 2.24) is 0 Å². The van der Waals surface area contributed by atoms with Crippen molar-refractivity contribution in [3.05, 3.63) is 0 Å². The van der Waals surface area contributed by atoms with Crippen LogP contribution >= 0.6 is 0 Å². The maximum atomic E-state index is 6.33. The van der Waals surface area contributed by atoms with Crippen LogP contribution < -0.4 is 0 Å². The summed E-state index contributed by atoms with van der Waals surface area (Å²) in [4.78, 5) is 0. The number of fused-ring (bicyclic) bond motifs is 9. The SMILES string of the molecule is CCCCCC1(C)OCC(C2CC3CC2C2C4CC(C(C)C4C)C32)CO1. The van der Waals surface area contributed by atoms with Gasteiger partial charge in [-0.2, -0.15) is 0 Å². The molecule has 5 rings (SSSR count). The molecule has 4 aliphatic carbocycles. The largest absolute Gasteiger partial charge is 0.350 e. The maximum absolute atomic E-state index is 6.33. The summed E-state index contributed by atoms with van der Waals surface area (Å²) in [6.45, 7) is 11.5. The van der Waals surface area contributed by atoms with Gasteiger partial charge < -0.3 is 9.47 Å². The van der Waals surface area contributed by atoms with Gasteiger partial charge in [0, 0.05) is 12.3 Å². The third kappa shape index (κ3) is 2.57. The Balaban J connectivity index is 1.22. The molecule has 0 aromatic carbocycles. The second kappa shape index (κ2) is 6.48. The first-order valence-electron chi connectivity index (χ1n) is 11.8. The highest BCUT2D eigenvalue weighted by molar-refractivity contribution is 5.14. The van der Waals surface area contributed by atoms with Crippen molar-refractivity contribution in [1.29, 1.82) is 0 Å². The van der Waals surface area contributed by atoms with Gasteiger partial charge in [0.05, 0.1) is 13.2 Å². The van der Waals surface area contributed by atoms with Crippen molar-refractivity contribution in [2.45, 2.75) is 78.4 Å². The maximum Gasteiger partial charge on any atom is 0.165 e. The van der Waals surface area contributed by atoms with Crippen molar-refractivity contribution in [2.75, 3.05) is 13.2 Å². The molecule has 0 radical (unpaired) electrons. The summed E-state index contributed by atoms with van der Waals surface area (Å²) >= 11 is 0. The predicted octanol–water partition coefficient (Wildman–Crippen LogP) is 5.76. The van der Waals surface area contributed by atoms with Crippen LogP contribution in [0.2, 0.25) is 0 Å². The molecular weight excluding hydrogens is 320 g/mol. The molecule has 4 saturated carbocycles. The molecule has 2 nitrogen and oxygen atoms in total. The van der Waals surface area contributed by atoms with E-state index in [1.807, 2.05) is 0 Å². The number of ether oxygens (including phenoxy) is 2. The van der Waals surface area contributed by atoms with Gasteiger partial charge in [-0.3, -0.25) is 0 Å². The molecule has 1 saturated heterocycles. The van der Waals surface area contributed by atoms with E-state index in [2.05, 4.69) is 27.7 Å². The molecule has 148 valence electrons. The van der Waals surface area contributed by atoms with E-state index in [9.17, 15) is 0 Å². The molecule has 9 atom stereocenters. The normalized spacial score (nSPS) is 57.7. The molecule has 1 heterocycles. The van der Waals surface area contributed by atoms with E-state index in [1.54, 1.807) is 6.42 Å². The molecule has 2 heteroatoms. The minimum Gasteiger partial charge on any atom is -0.350 e. The van der Waals surface area contributed by atoms with Crippen LogP contribution in [0.3, 0.4) is 0 Å². The Hall–Kier alpha value is -0.0800. The van der Waals surface area contributed by atoms with E-state index in [-0.39, 0.29) is 5.79 Å². The second-order valence-electron chi connectivity index (χ2n) is 11.0. The first-order chi connectivity index (χ1) is 12.5. The summed E-state index contributed by atoms with van der Waals surface area (Å²) < 4.78 is 12.7. The third-order valence-corrected chi connectivity index (χ3v) is 9.94. The lowest BCUT2D eigenvalue weighted by atomic mass is 9.60. The van der Waals surface area contributed by atoms with Crippen LogP contribution in [0.15, 0.2) is 0 Å². The highest BCUT2D eigenvalue weighted by Crippen LogP contribution is 2.72. The lowest BCUT2D eigenvalue weighted by Crippen LogP contribution is -2.47. The van der Waals surface area contributed by atoms with Gasteiger partial charge in [-0.05, 0) is 85.9 Å². The van der Waals surface area contributed by atoms with Crippen molar-refractivity contribution in [3.8, 4) is 0 Å². The lowest BCUT2D eigenvalue weighted by Gasteiger charge is -2.47.